The number of hydrogen-bond donors (Lipinski definition) is 1. The Morgan fingerprint density at radius 2 is 1.89 bits per heavy atom. The van der Waals surface area contributed by atoms with Crippen molar-refractivity contribution in [2.75, 3.05) is 0 Å². The molecule has 27 heavy (non-hydrogen) atoms. The molecule has 1 N–H and O–H groups in total. The van der Waals surface area contributed by atoms with E-state index in [0.717, 1.165) is 24.2 Å². The van der Waals surface area contributed by atoms with E-state index in [1.165, 1.54) is 24.3 Å². The van der Waals surface area contributed by atoms with Crippen LogP contribution in [0.2, 0.25) is 0 Å². The summed E-state index contributed by atoms with van der Waals surface area (Å²) in [6.45, 7) is 3.94. The molecule has 2 fully saturated rings. The first-order valence-corrected chi connectivity index (χ1v) is 9.14. The van der Waals surface area contributed by atoms with E-state index in [-0.39, 0.29) is 41.8 Å². The lowest BCUT2D eigenvalue weighted by Gasteiger charge is -2.42. The predicted octanol–water partition coefficient (Wildman–Crippen LogP) is 3.12. The number of amides is 3. The summed E-state index contributed by atoms with van der Waals surface area (Å²) in [6.07, 6.45) is 2.86. The molecule has 142 valence electrons. The molecule has 1 aromatic carbocycles. The average Bonchev–Trinajstić information content (AvgIpc) is 3.20. The van der Waals surface area contributed by atoms with Gasteiger partial charge in [-0.25, -0.2) is 9.18 Å². The predicted molar refractivity (Wildman–Crippen MR) is 93.7 cm³/mol. The lowest BCUT2D eigenvalue weighted by Crippen LogP contribution is -2.58. The number of urea groups is 1. The van der Waals surface area contributed by atoms with E-state index in [0.29, 0.717) is 5.56 Å². The lowest BCUT2D eigenvalue weighted by molar-refractivity contribution is -0.137. The summed E-state index contributed by atoms with van der Waals surface area (Å²) in [4.78, 5) is 31.1. The summed E-state index contributed by atoms with van der Waals surface area (Å²) in [5, 5.41) is 6.80. The van der Waals surface area contributed by atoms with Crippen molar-refractivity contribution < 1.29 is 18.5 Å². The second-order valence-electron chi connectivity index (χ2n) is 7.44. The van der Waals surface area contributed by atoms with Crippen molar-refractivity contribution in [3.63, 3.8) is 0 Å². The Labute approximate surface area is 155 Å². The normalized spacial score (nSPS) is 28.0. The van der Waals surface area contributed by atoms with E-state index in [9.17, 15) is 14.0 Å². The quantitative estimate of drug-likeness (QED) is 0.837. The molecule has 2 heterocycles. The molecule has 2 aromatic rings. The van der Waals surface area contributed by atoms with Gasteiger partial charge in [0.1, 0.15) is 17.9 Å². The van der Waals surface area contributed by atoms with Crippen LogP contribution in [0.25, 0.3) is 11.4 Å². The van der Waals surface area contributed by atoms with Gasteiger partial charge in [-0.15, -0.1) is 0 Å². The zero-order valence-electron chi connectivity index (χ0n) is 15.2. The fraction of sp³-hybridized carbons (Fsp3) is 0.474. The maximum atomic E-state index is 13.1. The Morgan fingerprint density at radius 3 is 2.56 bits per heavy atom. The highest BCUT2D eigenvalue weighted by Gasteiger charge is 2.58. The first-order chi connectivity index (χ1) is 12.9. The zero-order chi connectivity index (χ0) is 19.2. The third kappa shape index (κ3) is 2.79. The maximum Gasteiger partial charge on any atom is 0.325 e. The Hall–Kier alpha value is -2.77. The van der Waals surface area contributed by atoms with Crippen LogP contribution in [-0.2, 0) is 11.3 Å². The summed E-state index contributed by atoms with van der Waals surface area (Å²) >= 11 is 0. The number of nitrogens with one attached hydrogen (secondary N) is 1. The highest BCUT2D eigenvalue weighted by atomic mass is 19.1. The summed E-state index contributed by atoms with van der Waals surface area (Å²) in [5.41, 5.74) is -0.260. The van der Waals surface area contributed by atoms with Gasteiger partial charge in [0.2, 0.25) is 11.7 Å². The zero-order valence-corrected chi connectivity index (χ0v) is 15.2. The number of aromatic nitrogens is 2. The van der Waals surface area contributed by atoms with Crippen LogP contribution in [-0.4, -0.2) is 32.5 Å². The van der Waals surface area contributed by atoms with E-state index in [2.05, 4.69) is 15.5 Å². The summed E-state index contributed by atoms with van der Waals surface area (Å²) in [7, 11) is 0. The minimum Gasteiger partial charge on any atom is -0.337 e. The molecular weight excluding hydrogens is 351 g/mol. The first kappa shape index (κ1) is 17.6. The van der Waals surface area contributed by atoms with Gasteiger partial charge in [0, 0.05) is 5.56 Å². The van der Waals surface area contributed by atoms with Crippen LogP contribution >= 0.6 is 0 Å². The second kappa shape index (κ2) is 6.44. The van der Waals surface area contributed by atoms with Gasteiger partial charge in [-0.1, -0.05) is 25.4 Å². The molecule has 0 bridgehead atoms. The third-order valence-electron chi connectivity index (χ3n) is 5.85. The number of carbonyl (C=O) groups is 2. The molecule has 8 heteroatoms. The topological polar surface area (TPSA) is 88.3 Å². The van der Waals surface area contributed by atoms with Crippen LogP contribution in [0.15, 0.2) is 28.8 Å². The second-order valence-corrected chi connectivity index (χ2v) is 7.44. The molecule has 1 saturated heterocycles. The Morgan fingerprint density at radius 1 is 1.22 bits per heavy atom. The number of benzene rings is 1. The number of carbonyl (C=O) groups excluding carboxylic acids is 2. The molecule has 3 amide bonds. The van der Waals surface area contributed by atoms with Crippen molar-refractivity contribution in [3.05, 3.63) is 36.0 Å². The minimum atomic E-state index is -0.852. The van der Waals surface area contributed by atoms with Crippen LogP contribution in [0.5, 0.6) is 0 Å². The molecule has 1 spiro atoms. The van der Waals surface area contributed by atoms with Crippen molar-refractivity contribution in [3.8, 4) is 11.4 Å². The number of halogens is 1. The number of hydrogen-bond acceptors (Lipinski definition) is 5. The van der Waals surface area contributed by atoms with Gasteiger partial charge in [-0.3, -0.25) is 9.69 Å². The molecule has 2 aliphatic rings. The summed E-state index contributed by atoms with van der Waals surface area (Å²) in [6, 6.07) is 5.26. The van der Waals surface area contributed by atoms with Crippen molar-refractivity contribution in [1.82, 2.24) is 20.4 Å². The van der Waals surface area contributed by atoms with E-state index >= 15 is 0 Å². The van der Waals surface area contributed by atoms with Gasteiger partial charge in [0.05, 0.1) is 0 Å². The molecule has 1 unspecified atom stereocenters. The molecule has 1 aliphatic heterocycles. The van der Waals surface area contributed by atoms with Gasteiger partial charge in [0.25, 0.3) is 5.91 Å². The molecule has 1 aliphatic carbocycles. The molecule has 0 radical (unpaired) electrons. The standard InChI is InChI=1S/C19H21FN4O3/c1-11-4-3-5-12(2)19(11)17(25)24(18(26)22-19)10-15-21-16(23-27-15)13-6-8-14(20)9-7-13/h6-9,11-12H,3-5,10H2,1-2H3,(H,22,26)/t11-,12+,19?. The number of rotatable bonds is 3. The summed E-state index contributed by atoms with van der Waals surface area (Å²) in [5.74, 6) is -0.00552. The maximum absolute atomic E-state index is 13.1. The monoisotopic (exact) mass is 372 g/mol. The van der Waals surface area contributed by atoms with Crippen LogP contribution < -0.4 is 5.32 Å². The van der Waals surface area contributed by atoms with E-state index in [1.807, 2.05) is 13.8 Å². The van der Waals surface area contributed by atoms with Gasteiger partial charge in [-0.2, -0.15) is 4.98 Å². The average molecular weight is 372 g/mol. The first-order valence-electron chi connectivity index (χ1n) is 9.14. The minimum absolute atomic E-state index is 0.0696. The Bertz CT molecular complexity index is 869. The van der Waals surface area contributed by atoms with Gasteiger partial charge < -0.3 is 9.84 Å². The van der Waals surface area contributed by atoms with Crippen molar-refractivity contribution in [1.29, 1.82) is 0 Å². The van der Waals surface area contributed by atoms with Crippen molar-refractivity contribution in [2.24, 2.45) is 11.8 Å². The Balaban J connectivity index is 1.56. The highest BCUT2D eigenvalue weighted by molar-refractivity contribution is 6.07. The van der Waals surface area contributed by atoms with Crippen molar-refractivity contribution in [2.45, 2.75) is 45.2 Å². The molecule has 7 nitrogen and oxygen atoms in total. The van der Waals surface area contributed by atoms with Gasteiger partial charge in [-0.05, 0) is 48.9 Å². The van der Waals surface area contributed by atoms with E-state index in [4.69, 9.17) is 4.52 Å². The third-order valence-corrected chi connectivity index (χ3v) is 5.85. The van der Waals surface area contributed by atoms with E-state index < -0.39 is 11.6 Å². The number of nitrogens with zero attached hydrogens (tertiary/aromatic N) is 3. The largest absolute Gasteiger partial charge is 0.337 e. The number of imide groups is 1. The fourth-order valence-electron chi connectivity index (χ4n) is 4.27. The SMILES string of the molecule is C[C@@H]1CCC[C@H](C)C12NC(=O)N(Cc1nc(-c3ccc(F)cc3)no1)C2=O. The van der Waals surface area contributed by atoms with Crippen molar-refractivity contribution >= 4 is 11.9 Å². The van der Waals surface area contributed by atoms with Gasteiger partial charge in [0.15, 0.2) is 0 Å². The van der Waals surface area contributed by atoms with Crippen LogP contribution in [0.4, 0.5) is 9.18 Å². The highest BCUT2D eigenvalue weighted by Crippen LogP contribution is 2.42. The van der Waals surface area contributed by atoms with E-state index in [1.54, 1.807) is 0 Å². The molecular formula is C19H21FN4O3. The van der Waals surface area contributed by atoms with Gasteiger partial charge >= 0.3 is 6.03 Å². The smallest absolute Gasteiger partial charge is 0.325 e. The Kier molecular flexibility index (Phi) is 4.20. The van der Waals surface area contributed by atoms with Crippen LogP contribution in [0.1, 0.15) is 39.0 Å². The lowest BCUT2D eigenvalue weighted by atomic mass is 9.67. The molecule has 1 saturated carbocycles. The fourth-order valence-corrected chi connectivity index (χ4v) is 4.27. The molecule has 3 atom stereocenters. The van der Waals surface area contributed by atoms with Crippen LogP contribution in [0, 0.1) is 17.7 Å². The molecule has 1 aromatic heterocycles. The van der Waals surface area contributed by atoms with Crippen LogP contribution in [0.3, 0.4) is 0 Å². The molecule has 4 rings (SSSR count). The summed E-state index contributed by atoms with van der Waals surface area (Å²) < 4.78 is 18.3.